The van der Waals surface area contributed by atoms with E-state index in [9.17, 15) is 9.59 Å². The molecule has 3 aromatic rings. The van der Waals surface area contributed by atoms with Gasteiger partial charge in [0, 0.05) is 25.2 Å². The predicted octanol–water partition coefficient (Wildman–Crippen LogP) is 3.78. The lowest BCUT2D eigenvalue weighted by molar-refractivity contribution is -0.139. The number of piperidine rings is 1. The number of nitrogens with zero attached hydrogens (tertiary/aromatic N) is 3. The van der Waals surface area contributed by atoms with Crippen LogP contribution in [0.4, 0.5) is 5.88 Å². The Balaban J connectivity index is 1.59. The maximum Gasteiger partial charge on any atom is 0.338 e. The number of carbonyl (C=O) groups is 1. The summed E-state index contributed by atoms with van der Waals surface area (Å²) in [5.74, 6) is 1.68. The lowest BCUT2D eigenvalue weighted by Crippen LogP contribution is -2.39. The minimum Gasteiger partial charge on any atom is -0.494 e. The number of esters is 1. The van der Waals surface area contributed by atoms with Crippen LogP contribution in [0.5, 0.6) is 5.75 Å². The molecule has 9 heteroatoms. The summed E-state index contributed by atoms with van der Waals surface area (Å²) in [5, 5.41) is 0. The zero-order valence-corrected chi connectivity index (χ0v) is 22.2. The molecule has 1 atom stereocenters. The second-order valence-corrected chi connectivity index (χ2v) is 10.0. The van der Waals surface area contributed by atoms with Gasteiger partial charge in [-0.2, -0.15) is 0 Å². The molecular formula is C28H31N3O5S. The number of rotatable bonds is 7. The average molecular weight is 522 g/mol. The van der Waals surface area contributed by atoms with Crippen molar-refractivity contribution in [2.45, 2.75) is 46.1 Å². The molecule has 0 spiro atoms. The molecule has 1 fully saturated rings. The van der Waals surface area contributed by atoms with Gasteiger partial charge < -0.3 is 18.8 Å². The Labute approximate surface area is 219 Å². The minimum atomic E-state index is -0.659. The Hall–Kier alpha value is -3.59. The number of hydrogen-bond acceptors (Lipinski definition) is 8. The fraction of sp³-hybridized carbons (Fsp3) is 0.393. The van der Waals surface area contributed by atoms with E-state index in [0.29, 0.717) is 33.0 Å². The molecule has 0 aliphatic carbocycles. The Morgan fingerprint density at radius 3 is 2.57 bits per heavy atom. The number of hydrogen-bond donors (Lipinski definition) is 0. The van der Waals surface area contributed by atoms with Gasteiger partial charge in [0.2, 0.25) is 0 Å². The average Bonchev–Trinajstić information content (AvgIpc) is 3.49. The molecule has 2 aromatic heterocycles. The van der Waals surface area contributed by atoms with Crippen LogP contribution in [0.3, 0.4) is 0 Å². The number of ether oxygens (including phenoxy) is 2. The zero-order valence-electron chi connectivity index (χ0n) is 21.4. The van der Waals surface area contributed by atoms with Crippen LogP contribution in [-0.4, -0.2) is 36.8 Å². The molecule has 2 aliphatic rings. The molecule has 0 N–H and O–H groups in total. The summed E-state index contributed by atoms with van der Waals surface area (Å²) in [6, 6.07) is 10.6. The second-order valence-electron chi connectivity index (χ2n) is 9.03. The number of carbonyl (C=O) groups excluding carboxylic acids is 1. The van der Waals surface area contributed by atoms with Crippen LogP contribution < -0.4 is 24.5 Å². The highest BCUT2D eigenvalue weighted by molar-refractivity contribution is 7.07. The monoisotopic (exact) mass is 521 g/mol. The van der Waals surface area contributed by atoms with Gasteiger partial charge in [-0.15, -0.1) is 0 Å². The van der Waals surface area contributed by atoms with Crippen LogP contribution in [0.2, 0.25) is 0 Å². The van der Waals surface area contributed by atoms with E-state index in [-0.39, 0.29) is 12.2 Å². The molecule has 0 bridgehead atoms. The molecule has 194 valence electrons. The quantitative estimate of drug-likeness (QED) is 0.440. The van der Waals surface area contributed by atoms with Crippen molar-refractivity contribution >= 4 is 29.3 Å². The van der Waals surface area contributed by atoms with Crippen molar-refractivity contribution in [3.63, 3.8) is 0 Å². The maximum absolute atomic E-state index is 13.7. The van der Waals surface area contributed by atoms with Crippen molar-refractivity contribution in [1.29, 1.82) is 0 Å². The van der Waals surface area contributed by atoms with Crippen LogP contribution >= 0.6 is 11.3 Å². The van der Waals surface area contributed by atoms with Crippen LogP contribution in [0.25, 0.3) is 6.08 Å². The van der Waals surface area contributed by atoms with Crippen LogP contribution in [0.1, 0.15) is 57.4 Å². The summed E-state index contributed by atoms with van der Waals surface area (Å²) in [6.45, 7) is 8.20. The van der Waals surface area contributed by atoms with E-state index in [1.165, 1.54) is 17.8 Å². The number of benzene rings is 1. The largest absolute Gasteiger partial charge is 0.494 e. The Morgan fingerprint density at radius 2 is 1.86 bits per heavy atom. The summed E-state index contributed by atoms with van der Waals surface area (Å²) in [7, 11) is 0. The number of anilines is 1. The van der Waals surface area contributed by atoms with E-state index in [2.05, 4.69) is 9.89 Å². The highest BCUT2D eigenvalue weighted by atomic mass is 32.1. The summed E-state index contributed by atoms with van der Waals surface area (Å²) < 4.78 is 19.1. The third-order valence-corrected chi connectivity index (χ3v) is 7.56. The van der Waals surface area contributed by atoms with E-state index < -0.39 is 12.0 Å². The van der Waals surface area contributed by atoms with Crippen molar-refractivity contribution in [2.75, 3.05) is 31.2 Å². The van der Waals surface area contributed by atoms with E-state index in [1.54, 1.807) is 24.5 Å². The Kier molecular flexibility index (Phi) is 7.32. The third-order valence-electron chi connectivity index (χ3n) is 6.58. The van der Waals surface area contributed by atoms with Gasteiger partial charge in [-0.1, -0.05) is 23.5 Å². The van der Waals surface area contributed by atoms with E-state index in [0.717, 1.165) is 43.1 Å². The number of furan rings is 1. The topological polar surface area (TPSA) is 86.3 Å². The van der Waals surface area contributed by atoms with Gasteiger partial charge in [0.05, 0.1) is 35.1 Å². The molecule has 1 unspecified atom stereocenters. The SMILES string of the molecule is CCOC(=O)C1=C(C)N=c2s/c(=C\c3ccc(N4CCCCC4)o3)c(=O)n2C1c1ccc(OCC)cc1. The molecule has 1 aromatic carbocycles. The normalized spacial score (nSPS) is 18.0. The Morgan fingerprint density at radius 1 is 1.11 bits per heavy atom. The van der Waals surface area contributed by atoms with Gasteiger partial charge >= 0.3 is 5.97 Å². The van der Waals surface area contributed by atoms with Crippen LogP contribution in [-0.2, 0) is 9.53 Å². The molecule has 1 saturated heterocycles. The first kappa shape index (κ1) is 25.1. The Bertz CT molecular complexity index is 1490. The molecule has 5 rings (SSSR count). The van der Waals surface area contributed by atoms with Crippen LogP contribution in [0, 0.1) is 0 Å². The molecule has 0 amide bonds. The smallest absolute Gasteiger partial charge is 0.338 e. The minimum absolute atomic E-state index is 0.229. The first-order chi connectivity index (χ1) is 18.0. The number of allylic oxidation sites excluding steroid dienone is 1. The molecule has 4 heterocycles. The summed E-state index contributed by atoms with van der Waals surface area (Å²) in [6.07, 6.45) is 5.31. The van der Waals surface area contributed by atoms with E-state index in [1.807, 2.05) is 43.3 Å². The van der Waals surface area contributed by atoms with Crippen molar-refractivity contribution in [3.05, 3.63) is 78.7 Å². The highest BCUT2D eigenvalue weighted by Gasteiger charge is 2.33. The third kappa shape index (κ3) is 5.00. The van der Waals surface area contributed by atoms with E-state index >= 15 is 0 Å². The van der Waals surface area contributed by atoms with Gasteiger partial charge in [-0.05, 0) is 63.8 Å². The van der Waals surface area contributed by atoms with Gasteiger partial charge in [0.1, 0.15) is 11.5 Å². The van der Waals surface area contributed by atoms with E-state index in [4.69, 9.17) is 13.9 Å². The van der Waals surface area contributed by atoms with Gasteiger partial charge in [0.25, 0.3) is 5.56 Å². The predicted molar refractivity (Wildman–Crippen MR) is 143 cm³/mol. The number of aromatic nitrogens is 1. The number of thiazole rings is 1. The van der Waals surface area contributed by atoms with Gasteiger partial charge in [-0.25, -0.2) is 9.79 Å². The first-order valence-electron chi connectivity index (χ1n) is 12.8. The molecule has 8 nitrogen and oxygen atoms in total. The lowest BCUT2D eigenvalue weighted by atomic mass is 9.96. The summed E-state index contributed by atoms with van der Waals surface area (Å²) in [5.41, 5.74) is 1.44. The number of fused-ring (bicyclic) bond motifs is 1. The van der Waals surface area contributed by atoms with Crippen molar-refractivity contribution in [3.8, 4) is 5.75 Å². The molecule has 37 heavy (non-hydrogen) atoms. The fourth-order valence-electron chi connectivity index (χ4n) is 4.85. The van der Waals surface area contributed by atoms with Gasteiger partial charge in [-0.3, -0.25) is 9.36 Å². The molecule has 2 aliphatic heterocycles. The first-order valence-corrected chi connectivity index (χ1v) is 13.6. The summed E-state index contributed by atoms with van der Waals surface area (Å²) >= 11 is 1.29. The summed E-state index contributed by atoms with van der Waals surface area (Å²) in [4.78, 5) is 34.2. The van der Waals surface area contributed by atoms with Crippen molar-refractivity contribution < 1.29 is 18.7 Å². The van der Waals surface area contributed by atoms with Crippen LogP contribution in [0.15, 0.2) is 61.9 Å². The molecule has 0 radical (unpaired) electrons. The second kappa shape index (κ2) is 10.8. The van der Waals surface area contributed by atoms with Gasteiger partial charge in [0.15, 0.2) is 10.7 Å². The standard InChI is InChI=1S/C28H31N3O5S/c1-4-34-20-11-9-19(10-12-20)25-24(27(33)35-5-2)18(3)29-28-31(25)26(32)22(37-28)17-21-13-14-23(36-21)30-15-7-6-8-16-30/h9-14,17,25H,4-8,15-16H2,1-3H3/b22-17-. The van der Waals surface area contributed by atoms with Crippen molar-refractivity contribution in [2.24, 2.45) is 4.99 Å². The van der Waals surface area contributed by atoms with Crippen molar-refractivity contribution in [1.82, 2.24) is 4.57 Å². The molecular weight excluding hydrogens is 490 g/mol. The molecule has 0 saturated carbocycles. The lowest BCUT2D eigenvalue weighted by Gasteiger charge is -2.25. The fourth-order valence-corrected chi connectivity index (χ4v) is 5.88. The maximum atomic E-state index is 13.7. The highest BCUT2D eigenvalue weighted by Crippen LogP contribution is 2.31. The zero-order chi connectivity index (χ0) is 25.9.